The highest BCUT2D eigenvalue weighted by atomic mass is 32.2. The molecule has 5 nitrogen and oxygen atoms in total. The van der Waals surface area contributed by atoms with Crippen LogP contribution in [0.4, 0.5) is 4.39 Å². The average Bonchev–Trinajstić information content (AvgIpc) is 2.61. The molecule has 2 aromatic rings. The predicted molar refractivity (Wildman–Crippen MR) is 89.9 cm³/mol. The number of ether oxygens (including phenoxy) is 1. The molecule has 0 aromatic heterocycles. The summed E-state index contributed by atoms with van der Waals surface area (Å²) in [5.74, 6) is -0.818. The highest BCUT2D eigenvalue weighted by molar-refractivity contribution is 7.89. The number of fused-ring (bicyclic) bond motifs is 1. The lowest BCUT2D eigenvalue weighted by Crippen LogP contribution is -2.36. The number of hydrogen-bond acceptors (Lipinski definition) is 4. The van der Waals surface area contributed by atoms with E-state index in [2.05, 4.69) is 4.74 Å². The third kappa shape index (κ3) is 3.72. The molecule has 0 atom stereocenters. The molecule has 3 rings (SSSR count). The topological polar surface area (TPSA) is 63.7 Å². The summed E-state index contributed by atoms with van der Waals surface area (Å²) in [5.41, 5.74) is 2.73. The predicted octanol–water partition coefficient (Wildman–Crippen LogP) is 2.29. The monoisotopic (exact) mass is 363 g/mol. The van der Waals surface area contributed by atoms with Gasteiger partial charge in [0.25, 0.3) is 0 Å². The minimum atomic E-state index is -3.69. The van der Waals surface area contributed by atoms with Crippen molar-refractivity contribution in [2.45, 2.75) is 24.3 Å². The minimum absolute atomic E-state index is 0.0723. The number of esters is 1. The summed E-state index contributed by atoms with van der Waals surface area (Å²) < 4.78 is 44.6. The fourth-order valence-electron chi connectivity index (χ4n) is 2.89. The van der Waals surface area contributed by atoms with Crippen molar-refractivity contribution in [2.24, 2.45) is 0 Å². The minimum Gasteiger partial charge on any atom is -0.469 e. The number of methoxy groups -OCH3 is 1. The molecule has 1 aliphatic rings. The molecule has 132 valence electrons. The second kappa shape index (κ2) is 6.93. The number of carbonyl (C=O) groups excluding carboxylic acids is 1. The lowest BCUT2D eigenvalue weighted by molar-refractivity contribution is -0.139. The second-order valence-corrected chi connectivity index (χ2v) is 7.84. The largest absolute Gasteiger partial charge is 0.469 e. The molecule has 0 saturated carbocycles. The highest BCUT2D eigenvalue weighted by Gasteiger charge is 2.28. The number of nitrogens with zero attached hydrogens (tertiary/aromatic N) is 1. The normalized spacial score (nSPS) is 14.8. The van der Waals surface area contributed by atoms with E-state index in [1.165, 1.54) is 23.5 Å². The first kappa shape index (κ1) is 17.6. The zero-order valence-electron chi connectivity index (χ0n) is 13.7. The molecule has 0 spiro atoms. The van der Waals surface area contributed by atoms with Gasteiger partial charge in [-0.2, -0.15) is 4.31 Å². The maximum absolute atomic E-state index is 13.0. The average molecular weight is 363 g/mol. The molecule has 0 bridgehead atoms. The van der Waals surface area contributed by atoms with Gasteiger partial charge in [0.15, 0.2) is 0 Å². The van der Waals surface area contributed by atoms with E-state index in [1.54, 1.807) is 0 Å². The van der Waals surface area contributed by atoms with Gasteiger partial charge in [0, 0.05) is 13.1 Å². The van der Waals surface area contributed by atoms with Crippen molar-refractivity contribution in [1.29, 1.82) is 0 Å². The number of hydrogen-bond donors (Lipinski definition) is 0. The van der Waals surface area contributed by atoms with E-state index in [4.69, 9.17) is 0 Å². The van der Waals surface area contributed by atoms with E-state index < -0.39 is 15.8 Å². The van der Waals surface area contributed by atoms with Gasteiger partial charge in [0.2, 0.25) is 10.0 Å². The number of carbonyl (C=O) groups is 1. The summed E-state index contributed by atoms with van der Waals surface area (Å²) >= 11 is 0. The first-order chi connectivity index (χ1) is 11.9. The van der Waals surface area contributed by atoms with Crippen molar-refractivity contribution >= 4 is 16.0 Å². The third-order valence-electron chi connectivity index (χ3n) is 4.28. The molecule has 1 aliphatic heterocycles. The Kier molecular flexibility index (Phi) is 4.87. The van der Waals surface area contributed by atoms with Gasteiger partial charge in [-0.1, -0.05) is 18.2 Å². The Labute approximate surface area is 146 Å². The SMILES string of the molecule is COC(=O)Cc1ccc2c(c1)CN(S(=O)(=O)c1ccc(F)cc1)CC2. The van der Waals surface area contributed by atoms with Gasteiger partial charge in [0.1, 0.15) is 5.82 Å². The highest BCUT2D eigenvalue weighted by Crippen LogP contribution is 2.26. The summed E-state index contributed by atoms with van der Waals surface area (Å²) in [6.45, 7) is 0.590. The summed E-state index contributed by atoms with van der Waals surface area (Å²) in [6.07, 6.45) is 0.739. The summed E-state index contributed by atoms with van der Waals surface area (Å²) in [5, 5.41) is 0. The van der Waals surface area contributed by atoms with Crippen LogP contribution in [0.5, 0.6) is 0 Å². The van der Waals surface area contributed by atoms with Gasteiger partial charge in [-0.3, -0.25) is 4.79 Å². The Morgan fingerprint density at radius 2 is 1.88 bits per heavy atom. The molecule has 0 amide bonds. The van der Waals surface area contributed by atoms with Gasteiger partial charge < -0.3 is 4.74 Å². The van der Waals surface area contributed by atoms with Crippen LogP contribution in [0.15, 0.2) is 47.4 Å². The zero-order chi connectivity index (χ0) is 18.0. The van der Waals surface area contributed by atoms with Crippen LogP contribution in [0, 0.1) is 5.82 Å². The first-order valence-corrected chi connectivity index (χ1v) is 9.27. The molecular weight excluding hydrogens is 345 g/mol. The van der Waals surface area contributed by atoms with Crippen LogP contribution >= 0.6 is 0 Å². The molecule has 0 unspecified atom stereocenters. The van der Waals surface area contributed by atoms with E-state index in [9.17, 15) is 17.6 Å². The van der Waals surface area contributed by atoms with E-state index in [0.29, 0.717) is 13.0 Å². The Bertz CT molecular complexity index is 894. The van der Waals surface area contributed by atoms with Crippen LogP contribution in [0.3, 0.4) is 0 Å². The maximum atomic E-state index is 13.0. The summed E-state index contributed by atoms with van der Waals surface area (Å²) in [4.78, 5) is 11.5. The smallest absolute Gasteiger partial charge is 0.309 e. The molecule has 2 aromatic carbocycles. The Balaban J connectivity index is 1.85. The molecule has 0 fully saturated rings. The van der Waals surface area contributed by atoms with Crippen LogP contribution in [0.25, 0.3) is 0 Å². The third-order valence-corrected chi connectivity index (χ3v) is 6.13. The first-order valence-electron chi connectivity index (χ1n) is 7.83. The lowest BCUT2D eigenvalue weighted by atomic mass is 9.97. The molecule has 0 saturated heterocycles. The van der Waals surface area contributed by atoms with Gasteiger partial charge >= 0.3 is 5.97 Å². The van der Waals surface area contributed by atoms with Crippen molar-refractivity contribution in [2.75, 3.05) is 13.7 Å². The standard InChI is InChI=1S/C18H18FNO4S/c1-24-18(21)11-13-2-3-14-8-9-20(12-15(14)10-13)25(22,23)17-6-4-16(19)5-7-17/h2-7,10H,8-9,11-12H2,1H3. The van der Waals surface area contributed by atoms with Crippen LogP contribution in [-0.4, -0.2) is 32.3 Å². The van der Waals surface area contributed by atoms with Crippen LogP contribution in [0.2, 0.25) is 0 Å². The Morgan fingerprint density at radius 1 is 1.16 bits per heavy atom. The van der Waals surface area contributed by atoms with Gasteiger partial charge in [-0.25, -0.2) is 12.8 Å². The van der Waals surface area contributed by atoms with Crippen molar-refractivity contribution in [3.05, 3.63) is 65.0 Å². The quantitative estimate of drug-likeness (QED) is 0.782. The zero-order valence-corrected chi connectivity index (χ0v) is 14.6. The van der Waals surface area contributed by atoms with E-state index in [-0.39, 0.29) is 23.8 Å². The molecule has 0 aliphatic carbocycles. The fraction of sp³-hybridized carbons (Fsp3) is 0.278. The molecule has 0 N–H and O–H groups in total. The van der Waals surface area contributed by atoms with Crippen molar-refractivity contribution in [3.8, 4) is 0 Å². The van der Waals surface area contributed by atoms with E-state index in [0.717, 1.165) is 28.8 Å². The fourth-order valence-corrected chi connectivity index (χ4v) is 4.31. The Hall–Kier alpha value is -2.25. The lowest BCUT2D eigenvalue weighted by Gasteiger charge is -2.28. The summed E-state index contributed by atoms with van der Waals surface area (Å²) in [7, 11) is -2.36. The number of halogens is 1. The van der Waals surface area contributed by atoms with Crippen LogP contribution < -0.4 is 0 Å². The molecule has 0 radical (unpaired) electrons. The van der Waals surface area contributed by atoms with Gasteiger partial charge in [-0.15, -0.1) is 0 Å². The molecular formula is C18H18FNO4S. The van der Waals surface area contributed by atoms with Crippen molar-refractivity contribution in [3.63, 3.8) is 0 Å². The molecule has 1 heterocycles. The van der Waals surface area contributed by atoms with E-state index in [1.807, 2.05) is 18.2 Å². The maximum Gasteiger partial charge on any atom is 0.309 e. The van der Waals surface area contributed by atoms with Gasteiger partial charge in [-0.05, 0) is 47.4 Å². The van der Waals surface area contributed by atoms with Crippen LogP contribution in [0.1, 0.15) is 16.7 Å². The number of sulfonamides is 1. The Morgan fingerprint density at radius 3 is 2.56 bits per heavy atom. The molecule has 7 heteroatoms. The summed E-state index contributed by atoms with van der Waals surface area (Å²) in [6, 6.07) is 10.5. The van der Waals surface area contributed by atoms with E-state index >= 15 is 0 Å². The van der Waals surface area contributed by atoms with Gasteiger partial charge in [0.05, 0.1) is 18.4 Å². The second-order valence-electron chi connectivity index (χ2n) is 5.90. The number of benzene rings is 2. The van der Waals surface area contributed by atoms with Crippen LogP contribution in [-0.2, 0) is 38.9 Å². The number of rotatable bonds is 4. The van der Waals surface area contributed by atoms with Crippen molar-refractivity contribution < 1.29 is 22.3 Å². The van der Waals surface area contributed by atoms with Crippen molar-refractivity contribution in [1.82, 2.24) is 4.31 Å². The molecule has 25 heavy (non-hydrogen) atoms.